The normalized spacial score (nSPS) is 12.5. The molecule has 2 rings (SSSR count). The van der Waals surface area contributed by atoms with Crippen LogP contribution in [-0.2, 0) is 11.2 Å². The third kappa shape index (κ3) is 2.05. The maximum absolute atomic E-state index is 11.1. The Morgan fingerprint density at radius 2 is 2.06 bits per heavy atom. The van der Waals surface area contributed by atoms with Crippen LogP contribution in [0.2, 0.25) is 0 Å². The molecule has 0 radical (unpaired) electrons. The van der Waals surface area contributed by atoms with Gasteiger partial charge in [-0.25, -0.2) is 4.79 Å². The number of aromatic nitrogens is 1. The summed E-state index contributed by atoms with van der Waals surface area (Å²) >= 11 is 0. The molecule has 6 nitrogen and oxygen atoms in total. The van der Waals surface area contributed by atoms with Crippen molar-refractivity contribution in [3.63, 3.8) is 0 Å². The molecule has 0 aliphatic carbocycles. The van der Waals surface area contributed by atoms with Gasteiger partial charge in [-0.05, 0) is 17.7 Å². The monoisotopic (exact) mass is 248 g/mol. The molecule has 0 bridgehead atoms. The molecular formula is C12H12N2O4. The first-order chi connectivity index (χ1) is 8.50. The summed E-state index contributed by atoms with van der Waals surface area (Å²) in [7, 11) is 0. The minimum Gasteiger partial charge on any atom is -0.480 e. The zero-order valence-corrected chi connectivity index (χ0v) is 9.38. The Kier molecular flexibility index (Phi) is 3.03. The lowest BCUT2D eigenvalue weighted by Gasteiger charge is -2.06. The fraction of sp³-hybridized carbons (Fsp3) is 0.167. The van der Waals surface area contributed by atoms with Gasteiger partial charge >= 0.3 is 11.9 Å². The molecule has 0 spiro atoms. The summed E-state index contributed by atoms with van der Waals surface area (Å²) in [5, 5.41) is 18.4. The van der Waals surface area contributed by atoms with Gasteiger partial charge in [0, 0.05) is 23.5 Å². The van der Waals surface area contributed by atoms with Gasteiger partial charge in [0.25, 0.3) is 0 Å². The first kappa shape index (κ1) is 12.1. The Morgan fingerprint density at radius 1 is 1.33 bits per heavy atom. The van der Waals surface area contributed by atoms with Crippen molar-refractivity contribution >= 4 is 22.8 Å². The van der Waals surface area contributed by atoms with E-state index in [0.717, 1.165) is 0 Å². The first-order valence-corrected chi connectivity index (χ1v) is 5.31. The van der Waals surface area contributed by atoms with Crippen LogP contribution in [0.1, 0.15) is 15.9 Å². The summed E-state index contributed by atoms with van der Waals surface area (Å²) in [5.74, 6) is -2.16. The number of carbonyl (C=O) groups is 2. The van der Waals surface area contributed by atoms with E-state index < -0.39 is 18.0 Å². The van der Waals surface area contributed by atoms with Crippen LogP contribution in [0.4, 0.5) is 0 Å². The van der Waals surface area contributed by atoms with Gasteiger partial charge in [-0.2, -0.15) is 0 Å². The highest BCUT2D eigenvalue weighted by Crippen LogP contribution is 2.23. The maximum atomic E-state index is 11.1. The predicted octanol–water partition coefficient (Wildman–Crippen LogP) is 0.821. The lowest BCUT2D eigenvalue weighted by Crippen LogP contribution is -2.32. The molecule has 0 saturated heterocycles. The molecule has 5 N–H and O–H groups in total. The Balaban J connectivity index is 2.52. The number of aliphatic carboxylic acids is 1. The van der Waals surface area contributed by atoms with Crippen molar-refractivity contribution in [2.75, 3.05) is 0 Å². The van der Waals surface area contributed by atoms with Crippen molar-refractivity contribution in [2.24, 2.45) is 5.73 Å². The summed E-state index contributed by atoms with van der Waals surface area (Å²) < 4.78 is 0. The van der Waals surface area contributed by atoms with Crippen LogP contribution in [0.5, 0.6) is 0 Å². The van der Waals surface area contributed by atoms with E-state index in [1.54, 1.807) is 18.3 Å². The second kappa shape index (κ2) is 4.50. The van der Waals surface area contributed by atoms with Gasteiger partial charge in [0.2, 0.25) is 0 Å². The van der Waals surface area contributed by atoms with E-state index in [1.165, 1.54) is 6.07 Å². The molecule has 0 amide bonds. The molecule has 1 aromatic heterocycles. The molecule has 1 heterocycles. The van der Waals surface area contributed by atoms with Gasteiger partial charge in [0.15, 0.2) is 0 Å². The van der Waals surface area contributed by atoms with E-state index in [-0.39, 0.29) is 12.0 Å². The third-order valence-electron chi connectivity index (χ3n) is 2.77. The molecule has 0 aliphatic rings. The molecule has 0 aliphatic heterocycles. The van der Waals surface area contributed by atoms with Gasteiger partial charge in [0.05, 0.1) is 5.56 Å². The van der Waals surface area contributed by atoms with Crippen molar-refractivity contribution in [1.82, 2.24) is 4.98 Å². The average molecular weight is 248 g/mol. The highest BCUT2D eigenvalue weighted by atomic mass is 16.4. The van der Waals surface area contributed by atoms with Crippen molar-refractivity contribution in [3.8, 4) is 0 Å². The number of H-pyrrole nitrogens is 1. The third-order valence-corrected chi connectivity index (χ3v) is 2.77. The standard InChI is InChI=1S/C12H12N2O4/c13-8(12(17)18)4-6-5-14-9-3-1-2-7(10(6)9)11(15)16/h1-3,5,8,14H,4,13H2,(H,15,16)(H,17,18)/t8-/m0/s1. The summed E-state index contributed by atoms with van der Waals surface area (Å²) in [5.41, 5.74) is 6.85. The smallest absolute Gasteiger partial charge is 0.336 e. The molecule has 6 heteroatoms. The number of rotatable bonds is 4. The number of hydrogen-bond acceptors (Lipinski definition) is 3. The number of aromatic carboxylic acids is 1. The Morgan fingerprint density at radius 3 is 2.67 bits per heavy atom. The highest BCUT2D eigenvalue weighted by Gasteiger charge is 2.18. The van der Waals surface area contributed by atoms with E-state index >= 15 is 0 Å². The number of hydrogen-bond donors (Lipinski definition) is 4. The molecule has 0 fully saturated rings. The SMILES string of the molecule is N[C@@H](Cc1c[nH]c2cccc(C(=O)O)c12)C(=O)O. The van der Waals surface area contributed by atoms with E-state index in [0.29, 0.717) is 16.5 Å². The summed E-state index contributed by atoms with van der Waals surface area (Å²) in [6.45, 7) is 0. The lowest BCUT2D eigenvalue weighted by molar-refractivity contribution is -0.138. The van der Waals surface area contributed by atoms with Gasteiger partial charge in [-0.15, -0.1) is 0 Å². The Bertz CT molecular complexity index is 618. The zero-order chi connectivity index (χ0) is 13.3. The van der Waals surface area contributed by atoms with Gasteiger partial charge < -0.3 is 20.9 Å². The molecular weight excluding hydrogens is 236 g/mol. The van der Waals surface area contributed by atoms with Crippen molar-refractivity contribution in [2.45, 2.75) is 12.5 Å². The van der Waals surface area contributed by atoms with E-state index in [2.05, 4.69) is 4.98 Å². The number of benzene rings is 1. The molecule has 1 atom stereocenters. The van der Waals surface area contributed by atoms with Crippen LogP contribution >= 0.6 is 0 Å². The number of carboxylic acid groups (broad SMARTS) is 2. The summed E-state index contributed by atoms with van der Waals surface area (Å²) in [6, 6.07) is 3.79. The Labute approximate surface area is 102 Å². The van der Waals surface area contributed by atoms with Gasteiger partial charge in [-0.1, -0.05) is 6.07 Å². The number of nitrogens with two attached hydrogens (primary N) is 1. The second-order valence-electron chi connectivity index (χ2n) is 4.00. The first-order valence-electron chi connectivity index (χ1n) is 5.31. The number of fused-ring (bicyclic) bond motifs is 1. The van der Waals surface area contributed by atoms with E-state index in [4.69, 9.17) is 15.9 Å². The van der Waals surface area contributed by atoms with Crippen LogP contribution in [0.15, 0.2) is 24.4 Å². The molecule has 18 heavy (non-hydrogen) atoms. The number of nitrogens with one attached hydrogen (secondary N) is 1. The molecule has 94 valence electrons. The fourth-order valence-electron chi connectivity index (χ4n) is 1.92. The van der Waals surface area contributed by atoms with Crippen LogP contribution in [0.3, 0.4) is 0 Å². The zero-order valence-electron chi connectivity index (χ0n) is 9.38. The van der Waals surface area contributed by atoms with Gasteiger partial charge in [0.1, 0.15) is 6.04 Å². The minimum absolute atomic E-state index is 0.0830. The van der Waals surface area contributed by atoms with Crippen molar-refractivity contribution < 1.29 is 19.8 Å². The van der Waals surface area contributed by atoms with E-state index in [1.807, 2.05) is 0 Å². The molecule has 2 aromatic rings. The number of aromatic amines is 1. The fourth-order valence-corrected chi connectivity index (χ4v) is 1.92. The Hall–Kier alpha value is -2.34. The highest BCUT2D eigenvalue weighted by molar-refractivity contribution is 6.04. The van der Waals surface area contributed by atoms with Crippen LogP contribution in [0.25, 0.3) is 10.9 Å². The molecule has 0 unspecified atom stereocenters. The summed E-state index contributed by atoms with van der Waals surface area (Å²) in [6.07, 6.45) is 1.68. The largest absolute Gasteiger partial charge is 0.480 e. The van der Waals surface area contributed by atoms with E-state index in [9.17, 15) is 9.59 Å². The van der Waals surface area contributed by atoms with Crippen LogP contribution in [-0.4, -0.2) is 33.2 Å². The quantitative estimate of drug-likeness (QED) is 0.639. The lowest BCUT2D eigenvalue weighted by atomic mass is 10.0. The van der Waals surface area contributed by atoms with Crippen molar-refractivity contribution in [3.05, 3.63) is 35.5 Å². The second-order valence-corrected chi connectivity index (χ2v) is 4.00. The van der Waals surface area contributed by atoms with Crippen molar-refractivity contribution in [1.29, 1.82) is 0 Å². The van der Waals surface area contributed by atoms with Gasteiger partial charge in [-0.3, -0.25) is 4.79 Å². The maximum Gasteiger partial charge on any atom is 0.336 e. The molecule has 0 saturated carbocycles. The predicted molar refractivity (Wildman–Crippen MR) is 64.6 cm³/mol. The van der Waals surface area contributed by atoms with Crippen LogP contribution < -0.4 is 5.73 Å². The summed E-state index contributed by atoms with van der Waals surface area (Å²) in [4.78, 5) is 24.8. The minimum atomic E-state index is -1.11. The average Bonchev–Trinajstić information content (AvgIpc) is 2.72. The number of carboxylic acids is 2. The molecule has 1 aromatic carbocycles. The van der Waals surface area contributed by atoms with Crippen LogP contribution in [0, 0.1) is 0 Å². The topological polar surface area (TPSA) is 116 Å².